The average molecular weight is 1610 g/mol. The molecule has 1 spiro atoms. The molecule has 5 aliphatic rings. The largest absolute Gasteiger partial charge is 0.497 e. The summed E-state index contributed by atoms with van der Waals surface area (Å²) in [5, 5.41) is 41.7. The number of hydrogen-bond donors (Lipinski definition) is 4. The monoisotopic (exact) mass is 1610 g/mol. The topological polar surface area (TPSA) is 262 Å². The lowest BCUT2D eigenvalue weighted by atomic mass is 9.77. The number of thiazole rings is 1. The van der Waals surface area contributed by atoms with Crippen LogP contribution < -0.4 is 35.1 Å². The summed E-state index contributed by atoms with van der Waals surface area (Å²) in [7, 11) is 1.68. The van der Waals surface area contributed by atoms with Crippen LogP contribution in [0.15, 0.2) is 251 Å². The third kappa shape index (κ3) is 16.7. The highest BCUT2D eigenvalue weighted by molar-refractivity contribution is 9.10. The van der Waals surface area contributed by atoms with E-state index >= 15 is 0 Å². The lowest BCUT2D eigenvalue weighted by Crippen LogP contribution is -2.39. The number of imidazole rings is 1. The molecule has 109 heavy (non-hydrogen) atoms. The Morgan fingerprint density at radius 1 is 0.826 bits per heavy atom. The van der Waals surface area contributed by atoms with Gasteiger partial charge in [-0.15, -0.1) is 0 Å². The Hall–Kier alpha value is -11.3. The maximum Gasteiger partial charge on any atom is 0.310 e. The Morgan fingerprint density at radius 3 is 2.42 bits per heavy atom. The molecule has 9 aromatic carbocycles. The standard InChI is InChI=1S/C19H16BrNO2.C17H17N3O2.C17H18N2O2.C16H8BrFN2OS.C15H14N2O4/c1-22-16-6-4-15(5-7-16)21-11-18-17-8-3-14(20)10-13(17)2-9-19(18)23-12-21;21-20(22)17-8-4-1-5-14(17)11-18-10-9-13-12-19-16-7-3-2-6-15(13)16;20-19(21)15-8-3-5-13(11-15)12-18-17-10-4-7-14-6-1-2-9-16(14)17;17-10-5-6-11(18)9(7-10)8-14-15(21)20-13-4-2-1-3-12(13)19-16(20)22-14;18-13-12-11(14(19)20)10-4-5-15(12,21-10)8-17(13)7-9-3-1-2-6-16-9/h2-10H,11-12H2,1H3;1-8,12,18-19H,9-11H2;1-3,5-6,8-9,11,17-18H,4,7,10,12H2;1-8H;1-6,10-12H,7-8H2,(H,19,20)/b;;;14-8-;. The zero-order chi connectivity index (χ0) is 75.7. The molecule has 25 heteroatoms. The van der Waals surface area contributed by atoms with Gasteiger partial charge in [0.15, 0.2) is 11.7 Å². The molecule has 5 atom stereocenters. The van der Waals surface area contributed by atoms with Crippen LogP contribution in [0.3, 0.4) is 0 Å². The normalized spacial score (nSPS) is 17.9. The SMILES string of the molecule is COc1ccc(N2COc3ccc4cc(Br)ccc4c3C2)cc1.O=C(O)C1C2C=CC3(CN(Cc4ccccn4)C(=O)C13)O2.O=[N+]([O-])c1cccc(CNC2CCCc3ccccc32)c1.O=[N+]([O-])c1ccccc1CNCCc1c[nH]c2ccccc12.O=c1/c(=C/c2cc(Br)ccc2F)sc2nc3ccccc3n12. The molecule has 0 saturated carbocycles. The Labute approximate surface area is 645 Å². The first-order valence-electron chi connectivity index (χ1n) is 35.4. The maximum atomic E-state index is 13.8. The highest BCUT2D eigenvalue weighted by atomic mass is 79.9. The predicted octanol–water partition coefficient (Wildman–Crippen LogP) is 15.9. The van der Waals surface area contributed by atoms with Gasteiger partial charge in [-0.3, -0.25) is 39.6 Å². The number of carboxylic acids is 1. The van der Waals surface area contributed by atoms with E-state index in [-0.39, 0.29) is 38.5 Å². The number of fused-ring (bicyclic) bond motifs is 9. The van der Waals surface area contributed by atoms with Crippen molar-refractivity contribution in [2.45, 2.75) is 69.6 Å². The van der Waals surface area contributed by atoms with Gasteiger partial charge in [-0.1, -0.05) is 158 Å². The first-order valence-corrected chi connectivity index (χ1v) is 37.8. The number of aromatic amines is 1. The highest BCUT2D eigenvalue weighted by Gasteiger charge is 2.67. The number of nitrogens with one attached hydrogen (secondary N) is 3. The van der Waals surface area contributed by atoms with Crippen LogP contribution in [-0.2, 0) is 53.3 Å². The van der Waals surface area contributed by atoms with Gasteiger partial charge in [-0.05, 0) is 162 Å². The number of carbonyl (C=O) groups is 2. The van der Waals surface area contributed by atoms with Crippen LogP contribution in [0.2, 0.25) is 0 Å². The lowest BCUT2D eigenvalue weighted by molar-refractivity contribution is -0.385. The van der Waals surface area contributed by atoms with E-state index in [4.69, 9.17) is 14.2 Å². The van der Waals surface area contributed by atoms with Crippen LogP contribution in [0.5, 0.6) is 11.5 Å². The fourth-order valence-electron chi connectivity index (χ4n) is 14.7. The second-order valence-electron chi connectivity index (χ2n) is 26.8. The molecule has 1 aliphatic carbocycles. The molecule has 21 nitrogen and oxygen atoms in total. The fraction of sp³-hybridized carbons (Fsp3) is 0.202. The number of pyridine rings is 1. The number of carbonyl (C=O) groups excluding carboxylic acids is 1. The number of rotatable bonds is 16. The number of aliphatic carboxylic acids is 1. The molecule has 18 rings (SSSR count). The second-order valence-corrected chi connectivity index (χ2v) is 29.6. The summed E-state index contributed by atoms with van der Waals surface area (Å²) in [6.45, 7) is 4.09. The molecule has 4 aliphatic heterocycles. The van der Waals surface area contributed by atoms with Gasteiger partial charge in [0.25, 0.3) is 16.9 Å². The number of para-hydroxylation sites is 4. The van der Waals surface area contributed by atoms with Gasteiger partial charge in [0.05, 0.1) is 69.9 Å². The summed E-state index contributed by atoms with van der Waals surface area (Å²) in [5.74, 6) is -1.04. The Balaban J connectivity index is 0.000000114. The number of amides is 1. The molecule has 2 fully saturated rings. The number of aromatic nitrogens is 4. The van der Waals surface area contributed by atoms with Crippen molar-refractivity contribution in [1.29, 1.82) is 0 Å². The van der Waals surface area contributed by atoms with Gasteiger partial charge < -0.3 is 44.7 Å². The maximum absolute atomic E-state index is 13.8. The first kappa shape index (κ1) is 74.5. The number of nitro benzene ring substituents is 2. The van der Waals surface area contributed by atoms with Gasteiger partial charge in [-0.25, -0.2) is 13.8 Å². The van der Waals surface area contributed by atoms with E-state index < -0.39 is 29.5 Å². The molecule has 8 heterocycles. The second kappa shape index (κ2) is 33.4. The van der Waals surface area contributed by atoms with E-state index in [1.807, 2.05) is 91.1 Å². The molecular weight excluding hydrogens is 1540 g/mol. The number of nitro groups is 2. The zero-order valence-corrected chi connectivity index (χ0v) is 62.9. The van der Waals surface area contributed by atoms with Crippen molar-refractivity contribution in [3.63, 3.8) is 0 Å². The van der Waals surface area contributed by atoms with E-state index in [0.717, 1.165) is 86.3 Å². The first-order chi connectivity index (χ1) is 53.0. The number of anilines is 1. The van der Waals surface area contributed by atoms with Crippen LogP contribution >= 0.6 is 43.2 Å². The quantitative estimate of drug-likeness (QED) is 0.0303. The Morgan fingerprint density at radius 2 is 1.61 bits per heavy atom. The summed E-state index contributed by atoms with van der Waals surface area (Å²) < 4.78 is 34.8. The van der Waals surface area contributed by atoms with E-state index in [0.29, 0.717) is 59.6 Å². The number of H-pyrrole nitrogens is 1. The molecule has 2 saturated heterocycles. The molecule has 5 unspecified atom stereocenters. The minimum absolute atomic E-state index is 0.151. The lowest BCUT2D eigenvalue weighted by Gasteiger charge is -2.31. The summed E-state index contributed by atoms with van der Waals surface area (Å²) >= 11 is 8.11. The number of likely N-dealkylation sites (tertiary alicyclic amines) is 1. The van der Waals surface area contributed by atoms with Crippen molar-refractivity contribution in [1.82, 2.24) is 34.9 Å². The summed E-state index contributed by atoms with van der Waals surface area (Å²) in [6, 6.07) is 67.0. The Bertz CT molecular complexity index is 5690. The summed E-state index contributed by atoms with van der Waals surface area (Å²) in [6.07, 6.45) is 12.7. The number of aryl methyl sites for hydroxylation is 1. The minimum atomic E-state index is -0.968. The number of non-ortho nitro benzene ring substituents is 1. The molecular formula is C84H73Br2FN10O11S. The van der Waals surface area contributed by atoms with Crippen molar-refractivity contribution in [2.75, 3.05) is 31.8 Å². The smallest absolute Gasteiger partial charge is 0.310 e. The van der Waals surface area contributed by atoms with E-state index in [1.54, 1.807) is 71.2 Å². The third-order valence-electron chi connectivity index (χ3n) is 19.9. The number of benzene rings is 9. The molecule has 2 bridgehead atoms. The van der Waals surface area contributed by atoms with Crippen molar-refractivity contribution < 1.29 is 43.1 Å². The molecule has 1 amide bonds. The predicted molar refractivity (Wildman–Crippen MR) is 426 cm³/mol. The van der Waals surface area contributed by atoms with Crippen LogP contribution in [0.4, 0.5) is 21.5 Å². The number of ether oxygens (including phenoxy) is 3. The van der Waals surface area contributed by atoms with Crippen LogP contribution in [0, 0.1) is 37.9 Å². The Kier molecular flexibility index (Phi) is 22.9. The van der Waals surface area contributed by atoms with E-state index in [1.165, 1.54) is 74.4 Å². The highest BCUT2D eigenvalue weighted by Crippen LogP contribution is 2.52. The minimum Gasteiger partial charge on any atom is -0.497 e. The number of methoxy groups -OCH3 is 1. The van der Waals surface area contributed by atoms with Crippen LogP contribution in [0.25, 0.3) is 43.7 Å². The number of hydrogen-bond acceptors (Lipinski definition) is 16. The van der Waals surface area contributed by atoms with E-state index in [9.17, 15) is 44.1 Å². The van der Waals surface area contributed by atoms with Gasteiger partial charge >= 0.3 is 5.97 Å². The van der Waals surface area contributed by atoms with Crippen molar-refractivity contribution in [3.05, 3.63) is 331 Å². The third-order valence-corrected chi connectivity index (χ3v) is 21.9. The molecule has 552 valence electrons. The number of carboxylic acid groups (broad SMARTS) is 1. The number of nitrogens with zero attached hydrogens (tertiary/aromatic N) is 7. The van der Waals surface area contributed by atoms with Gasteiger partial charge in [0, 0.05) is 92.0 Å². The van der Waals surface area contributed by atoms with Gasteiger partial charge in [-0.2, -0.15) is 0 Å². The number of halogens is 3. The zero-order valence-electron chi connectivity index (χ0n) is 58.9. The van der Waals surface area contributed by atoms with E-state index in [2.05, 4.69) is 141 Å². The average Bonchev–Trinajstić information content (AvgIpc) is 1.54. The molecule has 4 aromatic heterocycles. The van der Waals surface area contributed by atoms with Gasteiger partial charge in [0.2, 0.25) is 5.91 Å². The van der Waals surface area contributed by atoms with Gasteiger partial charge in [0.1, 0.15) is 28.8 Å². The van der Waals surface area contributed by atoms with Crippen LogP contribution in [-0.4, -0.2) is 89.7 Å². The molecule has 13 aromatic rings. The summed E-state index contributed by atoms with van der Waals surface area (Å²) in [4.78, 5) is 74.1. The van der Waals surface area contributed by atoms with Crippen LogP contribution in [0.1, 0.15) is 63.5 Å². The molecule has 0 radical (unpaired) electrons. The molecule has 4 N–H and O–H groups in total. The van der Waals surface area contributed by atoms with Crippen molar-refractivity contribution >= 4 is 116 Å². The van der Waals surface area contributed by atoms with Crippen molar-refractivity contribution in [3.8, 4) is 11.5 Å². The van der Waals surface area contributed by atoms with Crippen molar-refractivity contribution in [2.24, 2.45) is 11.8 Å². The fourth-order valence-corrected chi connectivity index (χ4v) is 16.4. The summed E-state index contributed by atoms with van der Waals surface area (Å²) in [5.41, 5.74) is 11.3.